The highest BCUT2D eigenvalue weighted by Crippen LogP contribution is 2.20. The minimum atomic E-state index is 0.430. The summed E-state index contributed by atoms with van der Waals surface area (Å²) < 4.78 is 5.15. The third kappa shape index (κ3) is 4.83. The molecule has 1 atom stereocenters. The molecule has 0 bridgehead atoms. The van der Waals surface area contributed by atoms with Crippen LogP contribution in [0.3, 0.4) is 0 Å². The molecule has 0 saturated carbocycles. The highest BCUT2D eigenvalue weighted by Gasteiger charge is 2.16. The summed E-state index contributed by atoms with van der Waals surface area (Å²) in [5.74, 6) is 3.61. The summed E-state index contributed by atoms with van der Waals surface area (Å²) in [6.45, 7) is 5.54. The van der Waals surface area contributed by atoms with Gasteiger partial charge in [-0.3, -0.25) is 0 Å². The molecule has 5 nitrogen and oxygen atoms in total. The number of nitrogens with zero attached hydrogens (tertiary/aromatic N) is 3. The van der Waals surface area contributed by atoms with Gasteiger partial charge >= 0.3 is 0 Å². The van der Waals surface area contributed by atoms with Crippen molar-refractivity contribution in [1.29, 1.82) is 0 Å². The van der Waals surface area contributed by atoms with E-state index in [1.165, 1.54) is 0 Å². The molecular weight excluding hydrogens is 272 g/mol. The van der Waals surface area contributed by atoms with E-state index in [1.807, 2.05) is 17.8 Å². The maximum absolute atomic E-state index is 5.15. The van der Waals surface area contributed by atoms with Gasteiger partial charge in [-0.25, -0.2) is 9.97 Å². The minimum Gasteiger partial charge on any atom is -0.377 e. The Morgan fingerprint density at radius 1 is 1.40 bits per heavy atom. The molecule has 0 radical (unpaired) electrons. The highest BCUT2D eigenvalue weighted by molar-refractivity contribution is 7.98. The van der Waals surface area contributed by atoms with E-state index in [0.717, 1.165) is 30.4 Å². The van der Waals surface area contributed by atoms with Gasteiger partial charge in [-0.05, 0) is 19.6 Å². The Bertz CT molecular complexity index is 379. The molecule has 0 aliphatic carbocycles. The minimum absolute atomic E-state index is 0.430. The lowest BCUT2D eigenvalue weighted by Gasteiger charge is -2.28. The number of thioether (sulfide) groups is 1. The first-order valence-corrected chi connectivity index (χ1v) is 8.38. The van der Waals surface area contributed by atoms with Crippen molar-refractivity contribution in [3.8, 4) is 0 Å². The van der Waals surface area contributed by atoms with Crippen LogP contribution in [0.1, 0.15) is 26.1 Å². The van der Waals surface area contributed by atoms with E-state index in [0.29, 0.717) is 18.5 Å². The quantitative estimate of drug-likeness (QED) is 0.756. The molecule has 114 valence electrons. The molecule has 0 amide bonds. The summed E-state index contributed by atoms with van der Waals surface area (Å²) >= 11 is 1.86. The summed E-state index contributed by atoms with van der Waals surface area (Å²) in [6.07, 6.45) is 3.23. The number of aromatic nitrogens is 2. The van der Waals surface area contributed by atoms with E-state index >= 15 is 0 Å². The van der Waals surface area contributed by atoms with Gasteiger partial charge in [0.2, 0.25) is 0 Å². The average Bonchev–Trinajstić information content (AvgIpc) is 2.44. The summed E-state index contributed by atoms with van der Waals surface area (Å²) in [5.41, 5.74) is 0. The summed E-state index contributed by atoms with van der Waals surface area (Å²) in [6, 6.07) is 2.48. The number of methoxy groups -OCH3 is 1. The topological polar surface area (TPSA) is 50.3 Å². The van der Waals surface area contributed by atoms with E-state index in [4.69, 9.17) is 4.74 Å². The smallest absolute Gasteiger partial charge is 0.158 e. The Morgan fingerprint density at radius 2 is 2.15 bits per heavy atom. The van der Waals surface area contributed by atoms with Gasteiger partial charge in [-0.2, -0.15) is 11.8 Å². The third-order valence-corrected chi connectivity index (χ3v) is 3.85. The van der Waals surface area contributed by atoms with Crippen LogP contribution in [0, 0.1) is 0 Å². The number of anilines is 2. The Kier molecular flexibility index (Phi) is 7.69. The normalized spacial score (nSPS) is 12.2. The van der Waals surface area contributed by atoms with Crippen LogP contribution in [0.4, 0.5) is 11.6 Å². The molecule has 6 heteroatoms. The lowest BCUT2D eigenvalue weighted by molar-refractivity contribution is 0.178. The molecule has 0 spiro atoms. The van der Waals surface area contributed by atoms with Crippen molar-refractivity contribution in [2.45, 2.75) is 32.9 Å². The molecule has 0 aromatic carbocycles. The zero-order chi connectivity index (χ0) is 15.0. The maximum Gasteiger partial charge on any atom is 0.158 e. The first kappa shape index (κ1) is 17.0. The predicted molar refractivity (Wildman–Crippen MR) is 87.8 cm³/mol. The van der Waals surface area contributed by atoms with Crippen LogP contribution in [0.5, 0.6) is 0 Å². The zero-order valence-electron chi connectivity index (χ0n) is 13.1. The number of nitrogens with one attached hydrogen (secondary N) is 1. The van der Waals surface area contributed by atoms with Crippen LogP contribution in [0.25, 0.3) is 0 Å². The largest absolute Gasteiger partial charge is 0.377 e. The molecule has 20 heavy (non-hydrogen) atoms. The first-order chi connectivity index (χ1) is 9.65. The molecule has 1 aromatic rings. The Balaban J connectivity index is 3.01. The van der Waals surface area contributed by atoms with E-state index in [-0.39, 0.29) is 0 Å². The van der Waals surface area contributed by atoms with Crippen molar-refractivity contribution in [3.05, 3.63) is 11.9 Å². The van der Waals surface area contributed by atoms with E-state index in [2.05, 4.69) is 47.3 Å². The molecule has 0 aliphatic heterocycles. The molecule has 1 rings (SSSR count). The molecule has 0 saturated heterocycles. The maximum atomic E-state index is 5.15. The van der Waals surface area contributed by atoms with Gasteiger partial charge in [0.1, 0.15) is 18.2 Å². The Labute approximate surface area is 126 Å². The van der Waals surface area contributed by atoms with Crippen molar-refractivity contribution in [2.75, 3.05) is 42.9 Å². The van der Waals surface area contributed by atoms with Gasteiger partial charge in [-0.15, -0.1) is 0 Å². The first-order valence-electron chi connectivity index (χ1n) is 6.98. The lowest BCUT2D eigenvalue weighted by Crippen LogP contribution is -2.34. The summed E-state index contributed by atoms with van der Waals surface area (Å²) in [4.78, 5) is 11.3. The predicted octanol–water partition coefficient (Wildman–Crippen LogP) is 2.63. The standard InChI is InChI=1S/C14H26N4OS/c1-6-11(10-20-5)18(3)14-8-12(15-7-2)16-13(17-14)9-19-4/h8,11H,6-7,9-10H2,1-5H3,(H,15,16,17). The second-order valence-corrected chi connectivity index (χ2v) is 5.53. The fourth-order valence-electron chi connectivity index (χ4n) is 2.01. The lowest BCUT2D eigenvalue weighted by atomic mass is 10.2. The second-order valence-electron chi connectivity index (χ2n) is 4.62. The van der Waals surface area contributed by atoms with Crippen molar-refractivity contribution >= 4 is 23.4 Å². The third-order valence-electron chi connectivity index (χ3n) is 3.13. The number of hydrogen-bond donors (Lipinski definition) is 1. The van der Waals surface area contributed by atoms with Crippen molar-refractivity contribution < 1.29 is 4.74 Å². The monoisotopic (exact) mass is 298 g/mol. The van der Waals surface area contributed by atoms with Gasteiger partial charge in [0.25, 0.3) is 0 Å². The van der Waals surface area contributed by atoms with Crippen LogP contribution in [0.2, 0.25) is 0 Å². The number of ether oxygens (including phenoxy) is 1. The van der Waals surface area contributed by atoms with Crippen LogP contribution in [-0.2, 0) is 11.3 Å². The highest BCUT2D eigenvalue weighted by atomic mass is 32.2. The summed E-state index contributed by atoms with van der Waals surface area (Å²) in [7, 11) is 3.76. The molecule has 1 unspecified atom stereocenters. The van der Waals surface area contributed by atoms with Crippen LogP contribution in [0.15, 0.2) is 6.07 Å². The van der Waals surface area contributed by atoms with Crippen LogP contribution >= 0.6 is 11.8 Å². The van der Waals surface area contributed by atoms with Crippen molar-refractivity contribution in [1.82, 2.24) is 9.97 Å². The average molecular weight is 298 g/mol. The van der Waals surface area contributed by atoms with Crippen LogP contribution in [-0.4, -0.2) is 48.7 Å². The van der Waals surface area contributed by atoms with E-state index in [1.54, 1.807) is 7.11 Å². The molecule has 1 N–H and O–H groups in total. The molecule has 0 fully saturated rings. The summed E-state index contributed by atoms with van der Waals surface area (Å²) in [5, 5.41) is 3.25. The molecule has 1 heterocycles. The number of rotatable bonds is 9. The zero-order valence-corrected chi connectivity index (χ0v) is 14.0. The SMILES string of the molecule is CCNc1cc(N(C)C(CC)CSC)nc(COC)n1. The van der Waals surface area contributed by atoms with Gasteiger partial charge < -0.3 is 15.0 Å². The van der Waals surface area contributed by atoms with Gasteiger partial charge in [0, 0.05) is 38.6 Å². The van der Waals surface area contributed by atoms with Gasteiger partial charge in [-0.1, -0.05) is 6.92 Å². The van der Waals surface area contributed by atoms with E-state index in [9.17, 15) is 0 Å². The fraction of sp³-hybridized carbons (Fsp3) is 0.714. The second kappa shape index (κ2) is 9.02. The number of hydrogen-bond acceptors (Lipinski definition) is 6. The van der Waals surface area contributed by atoms with Crippen molar-refractivity contribution in [3.63, 3.8) is 0 Å². The fourth-order valence-corrected chi connectivity index (χ4v) is 2.86. The van der Waals surface area contributed by atoms with Gasteiger partial charge in [0.05, 0.1) is 0 Å². The van der Waals surface area contributed by atoms with Crippen molar-refractivity contribution in [2.24, 2.45) is 0 Å². The van der Waals surface area contributed by atoms with Gasteiger partial charge in [0.15, 0.2) is 5.82 Å². The Morgan fingerprint density at radius 3 is 2.70 bits per heavy atom. The Hall–Kier alpha value is -1.01. The van der Waals surface area contributed by atoms with E-state index < -0.39 is 0 Å². The van der Waals surface area contributed by atoms with Crippen LogP contribution < -0.4 is 10.2 Å². The molecule has 1 aromatic heterocycles. The molecular formula is C14H26N4OS. The molecule has 0 aliphatic rings.